The number of carbonyl (C=O) groups is 1. The predicted octanol–water partition coefficient (Wildman–Crippen LogP) is 2.47. The molecule has 0 N–H and O–H groups in total. The largest absolute Gasteiger partial charge is 0.444 e. The van der Waals surface area contributed by atoms with Gasteiger partial charge in [0, 0.05) is 37.9 Å². The van der Waals surface area contributed by atoms with Crippen molar-refractivity contribution in [2.45, 2.75) is 39.8 Å². The highest BCUT2D eigenvalue weighted by Gasteiger charge is 2.27. The molecule has 3 heterocycles. The standard InChI is InChI=1S/C17H24ClN7O2/c1-5-25-21-14(20-22-25)12-10-13(18)15(19-11-12)23-6-8-24(9-7-23)16(26)27-17(2,3)4/h10-11H,5-9H2,1-4H3. The van der Waals surface area contributed by atoms with Crippen LogP contribution in [0.5, 0.6) is 0 Å². The highest BCUT2D eigenvalue weighted by atomic mass is 35.5. The van der Waals surface area contributed by atoms with Gasteiger partial charge in [-0.15, -0.1) is 10.2 Å². The van der Waals surface area contributed by atoms with Crippen LogP contribution in [-0.2, 0) is 11.3 Å². The van der Waals surface area contributed by atoms with Crippen LogP contribution in [0, 0.1) is 0 Å². The van der Waals surface area contributed by atoms with E-state index in [0.717, 1.165) is 5.56 Å². The molecular weight excluding hydrogens is 370 g/mol. The maximum atomic E-state index is 12.2. The van der Waals surface area contributed by atoms with E-state index in [1.165, 1.54) is 4.80 Å². The Balaban J connectivity index is 1.65. The van der Waals surface area contributed by atoms with Crippen LogP contribution in [0.2, 0.25) is 5.02 Å². The Morgan fingerprint density at radius 3 is 2.52 bits per heavy atom. The smallest absolute Gasteiger partial charge is 0.410 e. The Labute approximate surface area is 163 Å². The van der Waals surface area contributed by atoms with E-state index in [-0.39, 0.29) is 6.09 Å². The Bertz CT molecular complexity index is 810. The zero-order valence-corrected chi connectivity index (χ0v) is 16.8. The fourth-order valence-corrected chi connectivity index (χ4v) is 2.99. The van der Waals surface area contributed by atoms with Gasteiger partial charge in [-0.2, -0.15) is 4.80 Å². The molecule has 3 rings (SSSR count). The van der Waals surface area contributed by atoms with Crippen molar-refractivity contribution < 1.29 is 9.53 Å². The number of tetrazole rings is 1. The Morgan fingerprint density at radius 1 is 1.26 bits per heavy atom. The minimum absolute atomic E-state index is 0.290. The van der Waals surface area contributed by atoms with Crippen molar-refractivity contribution in [3.63, 3.8) is 0 Å². The lowest BCUT2D eigenvalue weighted by molar-refractivity contribution is 0.0240. The molecule has 9 nitrogen and oxygen atoms in total. The summed E-state index contributed by atoms with van der Waals surface area (Å²) in [6.07, 6.45) is 1.40. The van der Waals surface area contributed by atoms with Gasteiger partial charge in [0.15, 0.2) is 0 Å². The SMILES string of the molecule is CCn1nnc(-c2cnc(N3CCN(C(=O)OC(C)(C)C)CC3)c(Cl)c2)n1. The van der Waals surface area contributed by atoms with E-state index in [1.54, 1.807) is 17.2 Å². The van der Waals surface area contributed by atoms with E-state index in [2.05, 4.69) is 25.3 Å². The summed E-state index contributed by atoms with van der Waals surface area (Å²) >= 11 is 6.45. The van der Waals surface area contributed by atoms with Gasteiger partial charge in [-0.1, -0.05) is 11.6 Å². The fraction of sp³-hybridized carbons (Fsp3) is 0.588. The molecule has 0 atom stereocenters. The number of piperazine rings is 1. The summed E-state index contributed by atoms with van der Waals surface area (Å²) in [4.78, 5) is 21.9. The molecule has 1 aliphatic heterocycles. The number of nitrogens with zero attached hydrogens (tertiary/aromatic N) is 7. The van der Waals surface area contributed by atoms with Crippen molar-refractivity contribution in [1.29, 1.82) is 0 Å². The molecule has 1 amide bonds. The molecule has 2 aromatic rings. The highest BCUT2D eigenvalue weighted by molar-refractivity contribution is 6.33. The first-order valence-electron chi connectivity index (χ1n) is 8.93. The number of halogens is 1. The fourth-order valence-electron chi connectivity index (χ4n) is 2.71. The zero-order valence-electron chi connectivity index (χ0n) is 16.0. The van der Waals surface area contributed by atoms with E-state index in [9.17, 15) is 4.79 Å². The van der Waals surface area contributed by atoms with Gasteiger partial charge in [-0.3, -0.25) is 0 Å². The number of carbonyl (C=O) groups excluding carboxylic acids is 1. The molecule has 0 aromatic carbocycles. The van der Waals surface area contributed by atoms with Gasteiger partial charge < -0.3 is 14.5 Å². The maximum absolute atomic E-state index is 12.2. The molecule has 0 unspecified atom stereocenters. The van der Waals surface area contributed by atoms with E-state index in [1.807, 2.05) is 27.7 Å². The van der Waals surface area contributed by atoms with E-state index < -0.39 is 5.60 Å². The third-order valence-corrected chi connectivity index (χ3v) is 4.32. The van der Waals surface area contributed by atoms with Crippen LogP contribution in [0.3, 0.4) is 0 Å². The average molecular weight is 394 g/mol. The highest BCUT2D eigenvalue weighted by Crippen LogP contribution is 2.28. The van der Waals surface area contributed by atoms with Gasteiger partial charge in [-0.05, 0) is 39.0 Å². The number of amides is 1. The van der Waals surface area contributed by atoms with Gasteiger partial charge in [0.25, 0.3) is 0 Å². The number of hydrogen-bond donors (Lipinski definition) is 0. The Hall–Kier alpha value is -2.42. The zero-order chi connectivity index (χ0) is 19.6. The van der Waals surface area contributed by atoms with Crippen molar-refractivity contribution in [2.75, 3.05) is 31.1 Å². The summed E-state index contributed by atoms with van der Waals surface area (Å²) in [6.45, 7) is 10.6. The summed E-state index contributed by atoms with van der Waals surface area (Å²) in [5.41, 5.74) is 0.221. The van der Waals surface area contributed by atoms with Gasteiger partial charge in [0.2, 0.25) is 5.82 Å². The maximum Gasteiger partial charge on any atom is 0.410 e. The van der Waals surface area contributed by atoms with Gasteiger partial charge in [0.05, 0.1) is 11.6 Å². The molecule has 10 heteroatoms. The molecule has 1 aliphatic rings. The molecule has 0 aliphatic carbocycles. The van der Waals surface area contributed by atoms with Crippen molar-refractivity contribution in [3.8, 4) is 11.4 Å². The summed E-state index contributed by atoms with van der Waals surface area (Å²) in [5, 5.41) is 12.7. The first-order chi connectivity index (χ1) is 12.8. The quantitative estimate of drug-likeness (QED) is 0.791. The number of pyridine rings is 1. The first kappa shape index (κ1) is 19.3. The molecule has 0 saturated carbocycles. The summed E-state index contributed by atoms with van der Waals surface area (Å²) in [7, 11) is 0. The molecule has 0 radical (unpaired) electrons. The molecule has 1 fully saturated rings. The van der Waals surface area contributed by atoms with E-state index >= 15 is 0 Å². The normalized spacial score (nSPS) is 15.1. The van der Waals surface area contributed by atoms with Crippen LogP contribution < -0.4 is 4.90 Å². The molecule has 27 heavy (non-hydrogen) atoms. The lowest BCUT2D eigenvalue weighted by Crippen LogP contribution is -2.50. The van der Waals surface area contributed by atoms with Gasteiger partial charge >= 0.3 is 6.09 Å². The Morgan fingerprint density at radius 2 is 1.96 bits per heavy atom. The number of anilines is 1. The average Bonchev–Trinajstić information content (AvgIpc) is 3.09. The van der Waals surface area contributed by atoms with Crippen LogP contribution in [0.25, 0.3) is 11.4 Å². The number of aromatic nitrogens is 5. The lowest BCUT2D eigenvalue weighted by atomic mass is 10.2. The Kier molecular flexibility index (Phi) is 5.50. The topological polar surface area (TPSA) is 89.3 Å². The van der Waals surface area contributed by atoms with Crippen molar-refractivity contribution in [3.05, 3.63) is 17.3 Å². The lowest BCUT2D eigenvalue weighted by Gasteiger charge is -2.36. The second kappa shape index (κ2) is 7.67. The van der Waals surface area contributed by atoms with Crippen LogP contribution in [0.4, 0.5) is 10.6 Å². The molecule has 0 bridgehead atoms. The third-order valence-electron chi connectivity index (χ3n) is 4.05. The second-order valence-corrected chi connectivity index (χ2v) is 7.69. The molecule has 0 spiro atoms. The van der Waals surface area contributed by atoms with E-state index in [0.29, 0.717) is 49.4 Å². The van der Waals surface area contributed by atoms with Crippen molar-refractivity contribution in [2.24, 2.45) is 0 Å². The molecular formula is C17H24ClN7O2. The summed E-state index contributed by atoms with van der Waals surface area (Å²) in [5.74, 6) is 1.18. The van der Waals surface area contributed by atoms with Gasteiger partial charge in [0.1, 0.15) is 11.4 Å². The molecule has 146 valence electrons. The van der Waals surface area contributed by atoms with Crippen molar-refractivity contribution in [1.82, 2.24) is 30.1 Å². The van der Waals surface area contributed by atoms with Crippen LogP contribution in [-0.4, -0.2) is 68.0 Å². The minimum atomic E-state index is -0.497. The minimum Gasteiger partial charge on any atom is -0.444 e. The second-order valence-electron chi connectivity index (χ2n) is 7.29. The number of rotatable bonds is 3. The van der Waals surface area contributed by atoms with Gasteiger partial charge in [-0.25, -0.2) is 9.78 Å². The monoisotopic (exact) mass is 393 g/mol. The van der Waals surface area contributed by atoms with E-state index in [4.69, 9.17) is 16.3 Å². The predicted molar refractivity (Wildman–Crippen MR) is 102 cm³/mol. The number of hydrogen-bond acceptors (Lipinski definition) is 7. The number of aryl methyl sites for hydroxylation is 1. The summed E-state index contributed by atoms with van der Waals surface area (Å²) in [6, 6.07) is 1.79. The van der Waals surface area contributed by atoms with Crippen LogP contribution in [0.1, 0.15) is 27.7 Å². The molecule has 2 aromatic heterocycles. The third kappa shape index (κ3) is 4.65. The number of ether oxygens (including phenoxy) is 1. The van der Waals surface area contributed by atoms with Crippen LogP contribution >= 0.6 is 11.6 Å². The van der Waals surface area contributed by atoms with Crippen LogP contribution in [0.15, 0.2) is 12.3 Å². The van der Waals surface area contributed by atoms with Crippen molar-refractivity contribution >= 4 is 23.5 Å². The first-order valence-corrected chi connectivity index (χ1v) is 9.31. The summed E-state index contributed by atoms with van der Waals surface area (Å²) < 4.78 is 5.42. The molecule has 1 saturated heterocycles.